The summed E-state index contributed by atoms with van der Waals surface area (Å²) in [5.74, 6) is 0. The lowest BCUT2D eigenvalue weighted by Gasteiger charge is -2.26. The van der Waals surface area contributed by atoms with Gasteiger partial charge in [-0.3, -0.25) is 9.80 Å². The van der Waals surface area contributed by atoms with Crippen molar-refractivity contribution in [2.24, 2.45) is 0 Å². The molecule has 1 saturated carbocycles. The van der Waals surface area contributed by atoms with Crippen molar-refractivity contribution in [3.8, 4) is 33.4 Å². The fraction of sp³-hybridized carbons (Fsp3) is 0.333. The topological polar surface area (TPSA) is 101 Å². The Bertz CT molecular complexity index is 2590. The molecule has 12 heteroatoms. The molecule has 0 bridgehead atoms. The van der Waals surface area contributed by atoms with E-state index in [2.05, 4.69) is 89.4 Å². The lowest BCUT2D eigenvalue weighted by atomic mass is 10.1. The fourth-order valence-electron chi connectivity index (χ4n) is 7.99. The number of fused-ring (bicyclic) bond motifs is 2. The second-order valence-corrected chi connectivity index (χ2v) is 18.7. The van der Waals surface area contributed by atoms with E-state index in [1.165, 1.54) is 81.4 Å². The van der Waals surface area contributed by atoms with Crippen molar-refractivity contribution >= 4 is 37.1 Å². The molecule has 0 N–H and O–H groups in total. The van der Waals surface area contributed by atoms with Gasteiger partial charge < -0.3 is 0 Å². The Morgan fingerprint density at radius 2 is 1.11 bits per heavy atom. The molecule has 10 nitrogen and oxygen atoms in total. The smallest absolute Gasteiger partial charge is 0.181 e. The molecule has 2 saturated heterocycles. The number of sulfone groups is 1. The molecule has 0 radical (unpaired) electrons. The zero-order chi connectivity index (χ0) is 38.8. The molecule has 0 amide bonds. The fourth-order valence-corrected chi connectivity index (χ4v) is 10.1. The molecule has 292 valence electrons. The summed E-state index contributed by atoms with van der Waals surface area (Å²) in [7, 11) is -3.24. The lowest BCUT2D eigenvalue weighted by molar-refractivity contribution is 0.221. The largest absolute Gasteiger partial charge is 0.299 e. The SMILES string of the molecule is Brc1cnn2cc(-c3ccc(CN4CCCCC4)cc3)cnc12.O=S(=O)(c1cccc(-c2cnn3cc(-c4ccc(CN5CCCCC5)cc4)cnc23)c1)C1CC1. The molecule has 3 aromatic carbocycles. The molecule has 10 rings (SSSR count). The van der Waals surface area contributed by atoms with Crippen LogP contribution in [0.2, 0.25) is 0 Å². The third kappa shape index (κ3) is 8.60. The second kappa shape index (κ2) is 16.6. The van der Waals surface area contributed by atoms with Gasteiger partial charge in [-0.2, -0.15) is 10.2 Å². The van der Waals surface area contributed by atoms with Gasteiger partial charge in [-0.25, -0.2) is 27.4 Å². The van der Waals surface area contributed by atoms with Gasteiger partial charge in [0, 0.05) is 54.6 Å². The molecule has 6 heterocycles. The van der Waals surface area contributed by atoms with Crippen LogP contribution in [-0.2, 0) is 22.9 Å². The van der Waals surface area contributed by atoms with Gasteiger partial charge in [-0.1, -0.05) is 73.5 Å². The quantitative estimate of drug-likeness (QED) is 0.142. The van der Waals surface area contributed by atoms with E-state index >= 15 is 0 Å². The van der Waals surface area contributed by atoms with Gasteiger partial charge in [0.15, 0.2) is 21.1 Å². The number of benzene rings is 3. The second-order valence-electron chi connectivity index (χ2n) is 15.6. The Morgan fingerprint density at radius 3 is 1.67 bits per heavy atom. The highest BCUT2D eigenvalue weighted by Crippen LogP contribution is 2.35. The summed E-state index contributed by atoms with van der Waals surface area (Å²) in [5, 5.41) is 8.59. The average molecular weight is 844 g/mol. The van der Waals surface area contributed by atoms with Gasteiger partial charge in [0.1, 0.15) is 0 Å². The molecule has 3 aliphatic rings. The highest BCUT2D eigenvalue weighted by Gasteiger charge is 2.37. The van der Waals surface area contributed by atoms with Crippen LogP contribution in [0.4, 0.5) is 0 Å². The van der Waals surface area contributed by atoms with Crippen molar-refractivity contribution in [3.63, 3.8) is 0 Å². The monoisotopic (exact) mass is 842 g/mol. The van der Waals surface area contributed by atoms with Crippen LogP contribution in [0.5, 0.6) is 0 Å². The van der Waals surface area contributed by atoms with Gasteiger partial charge >= 0.3 is 0 Å². The normalized spacial score (nSPS) is 16.8. The van der Waals surface area contributed by atoms with Crippen LogP contribution in [0.1, 0.15) is 62.5 Å². The minimum absolute atomic E-state index is 0.224. The number of aromatic nitrogens is 6. The highest BCUT2D eigenvalue weighted by atomic mass is 79.9. The van der Waals surface area contributed by atoms with Gasteiger partial charge in [0.05, 0.1) is 27.0 Å². The van der Waals surface area contributed by atoms with E-state index in [0.717, 1.165) is 63.9 Å². The number of hydrogen-bond acceptors (Lipinski definition) is 8. The lowest BCUT2D eigenvalue weighted by Crippen LogP contribution is -2.28. The van der Waals surface area contributed by atoms with Crippen LogP contribution < -0.4 is 0 Å². The first-order chi connectivity index (χ1) is 27.9. The van der Waals surface area contributed by atoms with Crippen LogP contribution in [-0.4, -0.2) is 78.8 Å². The van der Waals surface area contributed by atoms with E-state index in [9.17, 15) is 8.42 Å². The Labute approximate surface area is 342 Å². The molecule has 3 fully saturated rings. The van der Waals surface area contributed by atoms with Crippen LogP contribution >= 0.6 is 15.9 Å². The summed E-state index contributed by atoms with van der Waals surface area (Å²) in [6.07, 6.45) is 20.8. The number of piperidine rings is 2. The first-order valence-electron chi connectivity index (χ1n) is 20.2. The van der Waals surface area contributed by atoms with E-state index in [0.29, 0.717) is 10.5 Å². The van der Waals surface area contributed by atoms with Crippen molar-refractivity contribution in [2.75, 3.05) is 26.2 Å². The van der Waals surface area contributed by atoms with Crippen LogP contribution in [0, 0.1) is 0 Å². The zero-order valence-electron chi connectivity index (χ0n) is 32.0. The van der Waals surface area contributed by atoms with Crippen molar-refractivity contribution in [3.05, 3.63) is 126 Å². The number of hydrogen-bond donors (Lipinski definition) is 0. The highest BCUT2D eigenvalue weighted by molar-refractivity contribution is 9.10. The van der Waals surface area contributed by atoms with Crippen molar-refractivity contribution < 1.29 is 8.42 Å². The molecular formula is C45H47BrN8O2S. The Kier molecular flexibility index (Phi) is 11.0. The summed E-state index contributed by atoms with van der Waals surface area (Å²) in [6.45, 7) is 6.92. The maximum Gasteiger partial charge on any atom is 0.181 e. The third-order valence-corrected chi connectivity index (χ3v) is 14.2. The predicted octanol–water partition coefficient (Wildman–Crippen LogP) is 9.13. The first-order valence-corrected chi connectivity index (χ1v) is 22.5. The van der Waals surface area contributed by atoms with Crippen molar-refractivity contribution in [1.82, 2.24) is 39.0 Å². The third-order valence-electron chi connectivity index (χ3n) is 11.4. The predicted molar refractivity (Wildman–Crippen MR) is 228 cm³/mol. The molecule has 1 aliphatic carbocycles. The average Bonchev–Trinajstić information content (AvgIpc) is 3.95. The van der Waals surface area contributed by atoms with Gasteiger partial charge in [0.25, 0.3) is 0 Å². The summed E-state index contributed by atoms with van der Waals surface area (Å²) in [4.78, 5) is 14.6. The molecule has 2 aliphatic heterocycles. The Balaban J connectivity index is 0.000000160. The standard InChI is InChI=1S/C27H28N4O2S.C18H19BrN4/c32-34(33,24-11-12-24)25-6-4-5-22(15-25)26-17-29-31-19-23(16-28-27(26)31)21-9-7-20(8-10-21)18-30-13-2-1-3-14-30;19-17-11-21-23-13-16(10-20-18(17)23)15-6-4-14(5-7-15)12-22-8-2-1-3-9-22/h4-10,15-17,19,24H,1-3,11-14,18H2;4-7,10-11,13H,1-3,8-9,12H2. The first kappa shape index (κ1) is 37.8. The number of nitrogens with zero attached hydrogens (tertiary/aromatic N) is 8. The summed E-state index contributed by atoms with van der Waals surface area (Å²) in [5.41, 5.74) is 10.3. The van der Waals surface area contributed by atoms with Gasteiger partial charge in [-0.15, -0.1) is 0 Å². The Morgan fingerprint density at radius 1 is 0.579 bits per heavy atom. The zero-order valence-corrected chi connectivity index (χ0v) is 34.5. The van der Waals surface area contributed by atoms with E-state index in [1.54, 1.807) is 39.6 Å². The van der Waals surface area contributed by atoms with Crippen LogP contribution in [0.15, 0.2) is 119 Å². The van der Waals surface area contributed by atoms with E-state index in [4.69, 9.17) is 4.98 Å². The molecular weight excluding hydrogens is 797 g/mol. The van der Waals surface area contributed by atoms with Gasteiger partial charge in [-0.05, 0) is 121 Å². The number of likely N-dealkylation sites (tertiary alicyclic amines) is 2. The summed E-state index contributed by atoms with van der Waals surface area (Å²) in [6, 6.07) is 24.7. The van der Waals surface area contributed by atoms with Crippen molar-refractivity contribution in [1.29, 1.82) is 0 Å². The van der Waals surface area contributed by atoms with Crippen LogP contribution in [0.25, 0.3) is 44.7 Å². The molecule has 57 heavy (non-hydrogen) atoms. The van der Waals surface area contributed by atoms with Crippen LogP contribution in [0.3, 0.4) is 0 Å². The molecule has 7 aromatic rings. The minimum atomic E-state index is -3.24. The molecule has 0 atom stereocenters. The number of rotatable bonds is 9. The summed E-state index contributed by atoms with van der Waals surface area (Å²) < 4.78 is 29.9. The maximum atomic E-state index is 12.7. The van der Waals surface area contributed by atoms with E-state index in [-0.39, 0.29) is 5.25 Å². The van der Waals surface area contributed by atoms with Gasteiger partial charge in [0.2, 0.25) is 0 Å². The van der Waals surface area contributed by atoms with E-state index < -0.39 is 9.84 Å². The summed E-state index contributed by atoms with van der Waals surface area (Å²) >= 11 is 3.45. The Hall–Kier alpha value is -4.75. The molecule has 4 aromatic heterocycles. The molecule has 0 spiro atoms. The minimum Gasteiger partial charge on any atom is -0.299 e. The van der Waals surface area contributed by atoms with Crippen molar-refractivity contribution in [2.45, 2.75) is 74.6 Å². The maximum absolute atomic E-state index is 12.7. The molecule has 0 unspecified atom stereocenters. The van der Waals surface area contributed by atoms with E-state index in [1.807, 2.05) is 30.9 Å². The number of halogens is 1.